The summed E-state index contributed by atoms with van der Waals surface area (Å²) in [4.78, 5) is 25.5. The van der Waals surface area contributed by atoms with Crippen molar-refractivity contribution in [3.63, 3.8) is 0 Å². The van der Waals surface area contributed by atoms with E-state index >= 15 is 0 Å². The number of fused-ring (bicyclic) bond motifs is 1. The van der Waals surface area contributed by atoms with E-state index in [-0.39, 0.29) is 11.8 Å². The molecule has 25 heavy (non-hydrogen) atoms. The first-order chi connectivity index (χ1) is 12.0. The molecule has 6 heteroatoms. The highest BCUT2D eigenvalue weighted by Gasteiger charge is 2.17. The summed E-state index contributed by atoms with van der Waals surface area (Å²) < 4.78 is 0. The molecule has 0 fully saturated rings. The number of hydrogen-bond acceptors (Lipinski definition) is 4. The van der Waals surface area contributed by atoms with Crippen LogP contribution in [0.1, 0.15) is 52.4 Å². The Kier molecular flexibility index (Phi) is 5.28. The molecule has 1 aliphatic carbocycles. The van der Waals surface area contributed by atoms with Crippen molar-refractivity contribution in [3.8, 4) is 0 Å². The normalized spacial score (nSPS) is 13.9. The number of amides is 2. The summed E-state index contributed by atoms with van der Waals surface area (Å²) in [5.74, 6) is -0.293. The number of nitrogens with one attached hydrogen (secondary N) is 2. The first-order valence-electron chi connectivity index (χ1n) is 8.37. The predicted octanol–water partition coefficient (Wildman–Crippen LogP) is 3.74. The summed E-state index contributed by atoms with van der Waals surface area (Å²) in [6.07, 6.45) is 4.55. The summed E-state index contributed by atoms with van der Waals surface area (Å²) in [7, 11) is 0. The number of anilines is 1. The second kappa shape index (κ2) is 7.61. The molecule has 1 aromatic heterocycles. The monoisotopic (exact) mass is 355 g/mol. The van der Waals surface area contributed by atoms with Gasteiger partial charge in [0, 0.05) is 17.5 Å². The molecule has 0 bridgehead atoms. The van der Waals surface area contributed by atoms with Crippen LogP contribution in [-0.4, -0.2) is 17.5 Å². The Morgan fingerprint density at radius 3 is 2.68 bits per heavy atom. The lowest BCUT2D eigenvalue weighted by molar-refractivity contribution is -0.114. The number of thiophene rings is 1. The molecule has 130 valence electrons. The van der Waals surface area contributed by atoms with Gasteiger partial charge < -0.3 is 5.32 Å². The minimum Gasteiger partial charge on any atom is -0.326 e. The Morgan fingerprint density at radius 1 is 1.12 bits per heavy atom. The molecule has 1 aromatic carbocycles. The van der Waals surface area contributed by atoms with Crippen LogP contribution in [0.2, 0.25) is 0 Å². The van der Waals surface area contributed by atoms with E-state index in [0.717, 1.165) is 23.3 Å². The maximum atomic E-state index is 12.3. The third kappa shape index (κ3) is 4.33. The maximum absolute atomic E-state index is 12.3. The molecule has 0 atom stereocenters. The molecule has 0 aliphatic heterocycles. The Bertz CT molecular complexity index is 815. The Hall–Kier alpha value is -2.47. The number of aryl methyl sites for hydroxylation is 2. The highest BCUT2D eigenvalue weighted by atomic mass is 32.1. The van der Waals surface area contributed by atoms with Crippen LogP contribution in [0.3, 0.4) is 0 Å². The molecule has 0 saturated heterocycles. The molecule has 0 radical (unpaired) electrons. The standard InChI is InChI=1S/C19H21N3O2S/c1-12(14-7-5-8-16(10-14)20-13(2)23)21-22-19(24)18-11-15-6-3-4-9-17(15)25-18/h5,7-8,10-11H,3-4,6,9H2,1-2H3,(H,20,23)(H,22,24). The van der Waals surface area contributed by atoms with Crippen molar-refractivity contribution in [2.45, 2.75) is 39.5 Å². The number of carbonyl (C=O) groups is 2. The first kappa shape index (κ1) is 17.4. The van der Waals surface area contributed by atoms with Crippen molar-refractivity contribution in [3.05, 3.63) is 51.2 Å². The molecule has 3 rings (SSSR count). The minimum atomic E-state index is -0.170. The highest BCUT2D eigenvalue weighted by Crippen LogP contribution is 2.29. The Labute approximate surface area is 151 Å². The van der Waals surface area contributed by atoms with Gasteiger partial charge in [-0.2, -0.15) is 5.10 Å². The molecule has 2 N–H and O–H groups in total. The zero-order valence-electron chi connectivity index (χ0n) is 14.4. The Balaban J connectivity index is 1.69. The molecule has 2 amide bonds. The number of hydrogen-bond donors (Lipinski definition) is 2. The van der Waals surface area contributed by atoms with Gasteiger partial charge >= 0.3 is 0 Å². The van der Waals surface area contributed by atoms with Crippen molar-refractivity contribution in [1.82, 2.24) is 5.43 Å². The molecule has 1 heterocycles. The number of benzene rings is 1. The van der Waals surface area contributed by atoms with Gasteiger partial charge in [-0.25, -0.2) is 5.43 Å². The van der Waals surface area contributed by atoms with Gasteiger partial charge in [0.25, 0.3) is 5.91 Å². The summed E-state index contributed by atoms with van der Waals surface area (Å²) in [6, 6.07) is 9.37. The van der Waals surface area contributed by atoms with Crippen molar-refractivity contribution in [1.29, 1.82) is 0 Å². The lowest BCUT2D eigenvalue weighted by Crippen LogP contribution is -2.18. The van der Waals surface area contributed by atoms with Gasteiger partial charge in [0.15, 0.2) is 0 Å². The summed E-state index contributed by atoms with van der Waals surface area (Å²) in [5.41, 5.74) is 6.18. The summed E-state index contributed by atoms with van der Waals surface area (Å²) >= 11 is 1.57. The van der Waals surface area contributed by atoms with Crippen LogP contribution in [0.15, 0.2) is 35.4 Å². The lowest BCUT2D eigenvalue weighted by Gasteiger charge is -2.08. The van der Waals surface area contributed by atoms with E-state index in [0.29, 0.717) is 11.4 Å². The number of hydrazone groups is 1. The summed E-state index contributed by atoms with van der Waals surface area (Å²) in [6.45, 7) is 3.29. The number of nitrogens with zero attached hydrogens (tertiary/aromatic N) is 1. The second-order valence-corrected chi connectivity index (χ2v) is 7.30. The van der Waals surface area contributed by atoms with Gasteiger partial charge in [0.05, 0.1) is 10.6 Å². The third-order valence-electron chi connectivity index (χ3n) is 4.15. The van der Waals surface area contributed by atoms with E-state index in [4.69, 9.17) is 0 Å². The maximum Gasteiger partial charge on any atom is 0.281 e. The lowest BCUT2D eigenvalue weighted by atomic mass is 9.99. The zero-order valence-corrected chi connectivity index (χ0v) is 15.2. The number of carbonyl (C=O) groups excluding carboxylic acids is 2. The molecule has 1 aliphatic rings. The van der Waals surface area contributed by atoms with Crippen LogP contribution in [0.5, 0.6) is 0 Å². The fraction of sp³-hybridized carbons (Fsp3) is 0.316. The fourth-order valence-electron chi connectivity index (χ4n) is 2.88. The second-order valence-electron chi connectivity index (χ2n) is 6.17. The van der Waals surface area contributed by atoms with E-state index in [2.05, 4.69) is 15.8 Å². The largest absolute Gasteiger partial charge is 0.326 e. The van der Waals surface area contributed by atoms with E-state index in [1.54, 1.807) is 11.3 Å². The zero-order chi connectivity index (χ0) is 17.8. The van der Waals surface area contributed by atoms with Gasteiger partial charge in [0.1, 0.15) is 0 Å². The van der Waals surface area contributed by atoms with Crippen LogP contribution in [0.4, 0.5) is 5.69 Å². The van der Waals surface area contributed by atoms with Gasteiger partial charge in [-0.15, -0.1) is 11.3 Å². The molecule has 0 spiro atoms. The SMILES string of the molecule is CC(=O)Nc1cccc(C(C)=NNC(=O)c2cc3c(s2)CCCC3)c1. The molecular weight excluding hydrogens is 334 g/mol. The van der Waals surface area contributed by atoms with Gasteiger partial charge in [-0.1, -0.05) is 12.1 Å². The molecular formula is C19H21N3O2S. The van der Waals surface area contributed by atoms with Crippen molar-refractivity contribution in [2.24, 2.45) is 5.10 Å². The summed E-state index contributed by atoms with van der Waals surface area (Å²) in [5, 5.41) is 6.95. The van der Waals surface area contributed by atoms with Crippen LogP contribution < -0.4 is 10.7 Å². The van der Waals surface area contributed by atoms with Crippen LogP contribution in [0, 0.1) is 0 Å². The quantitative estimate of drug-likeness (QED) is 0.648. The number of rotatable bonds is 4. The van der Waals surface area contributed by atoms with E-state index in [1.165, 1.54) is 30.2 Å². The fourth-order valence-corrected chi connectivity index (χ4v) is 4.03. The Morgan fingerprint density at radius 2 is 1.92 bits per heavy atom. The van der Waals surface area contributed by atoms with Gasteiger partial charge in [-0.05, 0) is 61.9 Å². The van der Waals surface area contributed by atoms with E-state index in [1.807, 2.05) is 37.3 Å². The smallest absolute Gasteiger partial charge is 0.281 e. The third-order valence-corrected chi connectivity index (χ3v) is 5.38. The topological polar surface area (TPSA) is 70.6 Å². The average Bonchev–Trinajstić information content (AvgIpc) is 3.03. The van der Waals surface area contributed by atoms with E-state index < -0.39 is 0 Å². The molecule has 2 aromatic rings. The van der Waals surface area contributed by atoms with Crippen LogP contribution >= 0.6 is 11.3 Å². The predicted molar refractivity (Wildman–Crippen MR) is 101 cm³/mol. The van der Waals surface area contributed by atoms with E-state index in [9.17, 15) is 9.59 Å². The highest BCUT2D eigenvalue weighted by molar-refractivity contribution is 7.14. The van der Waals surface area contributed by atoms with Gasteiger partial charge in [0.2, 0.25) is 5.91 Å². The minimum absolute atomic E-state index is 0.123. The molecule has 5 nitrogen and oxygen atoms in total. The van der Waals surface area contributed by atoms with Crippen molar-refractivity contribution >= 4 is 34.6 Å². The van der Waals surface area contributed by atoms with Crippen LogP contribution in [-0.2, 0) is 17.6 Å². The average molecular weight is 355 g/mol. The first-order valence-corrected chi connectivity index (χ1v) is 9.19. The van der Waals surface area contributed by atoms with Crippen LogP contribution in [0.25, 0.3) is 0 Å². The molecule has 0 unspecified atom stereocenters. The van der Waals surface area contributed by atoms with Gasteiger partial charge in [-0.3, -0.25) is 9.59 Å². The molecule has 0 saturated carbocycles. The van der Waals surface area contributed by atoms with Crippen molar-refractivity contribution < 1.29 is 9.59 Å². The van der Waals surface area contributed by atoms with Crippen molar-refractivity contribution in [2.75, 3.05) is 5.32 Å².